The summed E-state index contributed by atoms with van der Waals surface area (Å²) in [6.45, 7) is 2.90. The highest BCUT2D eigenvalue weighted by atomic mass is 16.7. The zero-order valence-corrected chi connectivity index (χ0v) is 8.95. The lowest BCUT2D eigenvalue weighted by atomic mass is 10.1. The maximum absolute atomic E-state index is 11.7. The Morgan fingerprint density at radius 3 is 2.93 bits per heavy atom. The minimum atomic E-state index is 0.193. The molecule has 4 nitrogen and oxygen atoms in total. The van der Waals surface area contributed by atoms with Crippen molar-refractivity contribution in [2.24, 2.45) is 11.8 Å². The topological polar surface area (TPSA) is 41.6 Å². The molecule has 3 fully saturated rings. The van der Waals surface area contributed by atoms with Crippen LogP contribution in [0, 0.1) is 11.8 Å². The van der Waals surface area contributed by atoms with Gasteiger partial charge in [-0.25, -0.2) is 5.06 Å². The summed E-state index contributed by atoms with van der Waals surface area (Å²) in [4.78, 5) is 17.4. The van der Waals surface area contributed by atoms with E-state index in [2.05, 4.69) is 5.32 Å². The van der Waals surface area contributed by atoms with E-state index >= 15 is 0 Å². The first-order valence-corrected chi connectivity index (χ1v) is 6.01. The van der Waals surface area contributed by atoms with E-state index < -0.39 is 0 Å². The number of nitrogens with zero attached hydrogens (tertiary/aromatic N) is 1. The molecule has 4 heteroatoms. The number of hydrogen-bond acceptors (Lipinski definition) is 3. The van der Waals surface area contributed by atoms with Gasteiger partial charge < -0.3 is 5.32 Å². The van der Waals surface area contributed by atoms with Crippen LogP contribution < -0.4 is 5.32 Å². The highest BCUT2D eigenvalue weighted by Crippen LogP contribution is 2.39. The SMILES string of the molecule is O=C1CC(C2CC2)ON1CC1CCNC1. The van der Waals surface area contributed by atoms with E-state index in [0.717, 1.165) is 19.6 Å². The normalized spacial score (nSPS) is 36.5. The Balaban J connectivity index is 1.54. The Morgan fingerprint density at radius 1 is 1.40 bits per heavy atom. The predicted octanol–water partition coefficient (Wildman–Crippen LogP) is 0.538. The van der Waals surface area contributed by atoms with Crippen molar-refractivity contribution in [3.63, 3.8) is 0 Å². The molecule has 84 valence electrons. The summed E-state index contributed by atoms with van der Waals surface area (Å²) in [5.41, 5.74) is 0. The molecule has 2 aliphatic heterocycles. The van der Waals surface area contributed by atoms with Gasteiger partial charge in [0.1, 0.15) is 0 Å². The Hall–Kier alpha value is -0.610. The van der Waals surface area contributed by atoms with E-state index in [1.54, 1.807) is 5.06 Å². The third-order valence-corrected chi connectivity index (χ3v) is 3.65. The van der Waals surface area contributed by atoms with Crippen molar-refractivity contribution in [3.8, 4) is 0 Å². The van der Waals surface area contributed by atoms with Gasteiger partial charge in [0, 0.05) is 0 Å². The molecule has 0 aromatic rings. The molecule has 1 saturated carbocycles. The Kier molecular flexibility index (Phi) is 2.41. The van der Waals surface area contributed by atoms with Crippen molar-refractivity contribution in [1.29, 1.82) is 0 Å². The van der Waals surface area contributed by atoms with Gasteiger partial charge in [-0.3, -0.25) is 9.63 Å². The van der Waals surface area contributed by atoms with Crippen molar-refractivity contribution in [1.82, 2.24) is 10.4 Å². The predicted molar refractivity (Wildman–Crippen MR) is 54.9 cm³/mol. The highest BCUT2D eigenvalue weighted by Gasteiger charge is 2.41. The van der Waals surface area contributed by atoms with Gasteiger partial charge in [0.15, 0.2) is 0 Å². The maximum Gasteiger partial charge on any atom is 0.248 e. The minimum absolute atomic E-state index is 0.193. The molecule has 1 amide bonds. The van der Waals surface area contributed by atoms with Gasteiger partial charge in [0.05, 0.1) is 19.1 Å². The standard InChI is InChI=1S/C11H18N2O2/c14-11-5-10(9-1-2-9)15-13(11)7-8-3-4-12-6-8/h8-10,12H,1-7H2. The van der Waals surface area contributed by atoms with Crippen LogP contribution in [0.1, 0.15) is 25.7 Å². The fourth-order valence-corrected chi connectivity index (χ4v) is 2.50. The van der Waals surface area contributed by atoms with Crippen LogP contribution in [-0.2, 0) is 9.63 Å². The molecule has 0 radical (unpaired) electrons. The van der Waals surface area contributed by atoms with Crippen molar-refractivity contribution < 1.29 is 9.63 Å². The average Bonchev–Trinajstić information content (AvgIpc) is 2.84. The van der Waals surface area contributed by atoms with E-state index in [1.807, 2.05) is 0 Å². The molecule has 0 aromatic carbocycles. The Morgan fingerprint density at radius 2 is 2.27 bits per heavy atom. The van der Waals surface area contributed by atoms with Crippen LogP contribution in [0.15, 0.2) is 0 Å². The first-order valence-electron chi connectivity index (χ1n) is 6.01. The number of carbonyl (C=O) groups excluding carboxylic acids is 1. The van der Waals surface area contributed by atoms with Gasteiger partial charge in [0.25, 0.3) is 0 Å². The lowest BCUT2D eigenvalue weighted by molar-refractivity contribution is -0.178. The largest absolute Gasteiger partial charge is 0.316 e. The molecule has 3 rings (SSSR count). The third kappa shape index (κ3) is 2.01. The smallest absolute Gasteiger partial charge is 0.248 e. The Bertz CT molecular complexity index is 259. The molecular weight excluding hydrogens is 192 g/mol. The molecular formula is C11H18N2O2. The lowest BCUT2D eigenvalue weighted by Gasteiger charge is -2.19. The van der Waals surface area contributed by atoms with E-state index in [4.69, 9.17) is 4.84 Å². The molecule has 0 bridgehead atoms. The van der Waals surface area contributed by atoms with E-state index in [9.17, 15) is 4.79 Å². The molecule has 1 aliphatic carbocycles. The van der Waals surface area contributed by atoms with E-state index in [-0.39, 0.29) is 12.0 Å². The summed E-state index contributed by atoms with van der Waals surface area (Å²) in [6, 6.07) is 0. The third-order valence-electron chi connectivity index (χ3n) is 3.65. The van der Waals surface area contributed by atoms with Crippen LogP contribution in [-0.4, -0.2) is 36.7 Å². The van der Waals surface area contributed by atoms with Crippen LogP contribution in [0.2, 0.25) is 0 Å². The molecule has 2 heterocycles. The zero-order valence-electron chi connectivity index (χ0n) is 8.95. The second-order valence-electron chi connectivity index (χ2n) is 5.00. The van der Waals surface area contributed by atoms with Crippen LogP contribution in [0.4, 0.5) is 0 Å². The summed E-state index contributed by atoms with van der Waals surface area (Å²) in [5.74, 6) is 1.45. The monoisotopic (exact) mass is 210 g/mol. The van der Waals surface area contributed by atoms with Gasteiger partial charge in [-0.05, 0) is 44.2 Å². The van der Waals surface area contributed by atoms with Crippen molar-refractivity contribution in [2.75, 3.05) is 19.6 Å². The van der Waals surface area contributed by atoms with Crippen molar-refractivity contribution >= 4 is 5.91 Å². The van der Waals surface area contributed by atoms with Crippen molar-refractivity contribution in [2.45, 2.75) is 31.8 Å². The number of amides is 1. The van der Waals surface area contributed by atoms with Gasteiger partial charge in [-0.2, -0.15) is 0 Å². The van der Waals surface area contributed by atoms with Crippen LogP contribution in [0.3, 0.4) is 0 Å². The summed E-state index contributed by atoms with van der Waals surface area (Å²) < 4.78 is 0. The maximum atomic E-state index is 11.7. The first kappa shape index (κ1) is 9.60. The fourth-order valence-electron chi connectivity index (χ4n) is 2.50. The van der Waals surface area contributed by atoms with Crippen LogP contribution in [0.5, 0.6) is 0 Å². The summed E-state index contributed by atoms with van der Waals surface area (Å²) in [6.07, 6.45) is 4.48. The van der Waals surface area contributed by atoms with Crippen LogP contribution in [0.25, 0.3) is 0 Å². The van der Waals surface area contributed by atoms with E-state index in [0.29, 0.717) is 18.3 Å². The summed E-state index contributed by atoms with van der Waals surface area (Å²) >= 11 is 0. The second-order valence-corrected chi connectivity index (χ2v) is 5.00. The molecule has 1 N–H and O–H groups in total. The molecule has 0 spiro atoms. The van der Waals surface area contributed by atoms with Gasteiger partial charge in [-0.1, -0.05) is 0 Å². The molecule has 15 heavy (non-hydrogen) atoms. The van der Waals surface area contributed by atoms with Gasteiger partial charge in [-0.15, -0.1) is 0 Å². The van der Waals surface area contributed by atoms with Crippen LogP contribution >= 0.6 is 0 Å². The number of hydroxylamine groups is 2. The quantitative estimate of drug-likeness (QED) is 0.739. The van der Waals surface area contributed by atoms with Gasteiger partial charge >= 0.3 is 0 Å². The number of nitrogens with one attached hydrogen (secondary N) is 1. The highest BCUT2D eigenvalue weighted by molar-refractivity contribution is 5.77. The Labute approximate surface area is 89.9 Å². The van der Waals surface area contributed by atoms with Gasteiger partial charge in [0.2, 0.25) is 5.91 Å². The van der Waals surface area contributed by atoms with E-state index in [1.165, 1.54) is 19.3 Å². The molecule has 3 aliphatic rings. The average molecular weight is 210 g/mol. The minimum Gasteiger partial charge on any atom is -0.316 e. The zero-order chi connectivity index (χ0) is 10.3. The molecule has 2 saturated heterocycles. The summed E-state index contributed by atoms with van der Waals surface area (Å²) in [5, 5.41) is 4.94. The second kappa shape index (κ2) is 3.76. The number of hydrogen-bond donors (Lipinski definition) is 1. The lowest BCUT2D eigenvalue weighted by Crippen LogP contribution is -2.31. The first-order chi connectivity index (χ1) is 7.33. The number of carbonyl (C=O) groups is 1. The summed E-state index contributed by atoms with van der Waals surface area (Å²) in [7, 11) is 0. The van der Waals surface area contributed by atoms with Crippen molar-refractivity contribution in [3.05, 3.63) is 0 Å². The molecule has 2 unspecified atom stereocenters. The fraction of sp³-hybridized carbons (Fsp3) is 0.909. The molecule has 0 aromatic heterocycles. The molecule has 2 atom stereocenters. The number of rotatable bonds is 3.